The number of likely N-dealkylation sites (tertiary alicyclic amines) is 1. The topological polar surface area (TPSA) is 213 Å². The molecule has 200 valence electrons. The Morgan fingerprint density at radius 2 is 2.00 bits per heavy atom. The van der Waals surface area contributed by atoms with Crippen LogP contribution in [0.2, 0.25) is 0 Å². The summed E-state index contributed by atoms with van der Waals surface area (Å²) in [6.45, 7) is 0.417. The van der Waals surface area contributed by atoms with E-state index in [9.17, 15) is 24.9 Å². The van der Waals surface area contributed by atoms with Crippen molar-refractivity contribution in [1.82, 2.24) is 15.5 Å². The first-order chi connectivity index (χ1) is 18.1. The van der Waals surface area contributed by atoms with Crippen LogP contribution in [0.15, 0.2) is 23.2 Å². The Bertz CT molecular complexity index is 1370. The molecule has 38 heavy (non-hydrogen) atoms. The summed E-state index contributed by atoms with van der Waals surface area (Å²) >= 11 is 0. The molecule has 5 heterocycles. The maximum absolute atomic E-state index is 12.3. The smallest absolute Gasteiger partial charge is 0.386 e. The van der Waals surface area contributed by atoms with Crippen LogP contribution in [-0.2, 0) is 15.0 Å². The summed E-state index contributed by atoms with van der Waals surface area (Å²) in [5.41, 5.74) is 12.3. The number of para-hydroxylation sites is 1. The number of ether oxygens (including phenoxy) is 1. The molecular weight excluding hydrogens is 496 g/mol. The monoisotopic (exact) mass is 526 g/mol. The Kier molecular flexibility index (Phi) is 4.64. The van der Waals surface area contributed by atoms with Gasteiger partial charge in [-0.05, 0) is 12.8 Å². The minimum atomic E-state index is -2.59. The van der Waals surface area contributed by atoms with Gasteiger partial charge in [-0.15, -0.1) is 0 Å². The molecule has 0 bridgehead atoms. The zero-order chi connectivity index (χ0) is 26.6. The van der Waals surface area contributed by atoms with Crippen LogP contribution in [0.3, 0.4) is 0 Å². The Morgan fingerprint density at radius 3 is 2.71 bits per heavy atom. The Labute approximate surface area is 216 Å². The number of hydrogen-bond donors (Lipinski definition) is 8. The number of guanidine groups is 2. The number of aliphatic hydroxyl groups is 3. The van der Waals surface area contributed by atoms with E-state index in [0.29, 0.717) is 17.9 Å². The summed E-state index contributed by atoms with van der Waals surface area (Å²) in [5.74, 6) is -2.63. The molecule has 1 saturated carbocycles. The van der Waals surface area contributed by atoms with Gasteiger partial charge in [0.25, 0.3) is 5.79 Å². The zero-order valence-electron chi connectivity index (χ0n) is 20.5. The number of hydrogen-bond acceptors (Lipinski definition) is 11. The highest BCUT2D eigenvalue weighted by atomic mass is 16.5. The molecule has 6 aliphatic rings. The molecule has 1 aliphatic carbocycles. The normalized spacial score (nSPS) is 32.4. The van der Waals surface area contributed by atoms with E-state index in [2.05, 4.69) is 20.6 Å². The van der Waals surface area contributed by atoms with Crippen LogP contribution in [0.25, 0.3) is 0 Å². The molecule has 3 fully saturated rings. The lowest BCUT2D eigenvalue weighted by Gasteiger charge is -2.37. The first-order valence-corrected chi connectivity index (χ1v) is 12.7. The first kappa shape index (κ1) is 23.5. The number of nitrogens with two attached hydrogens (primary N) is 2. The van der Waals surface area contributed by atoms with Gasteiger partial charge in [0.05, 0.1) is 19.7 Å². The Balaban J connectivity index is 1.21. The number of aliphatic imine (C=N–C) groups is 1. The van der Waals surface area contributed by atoms with Crippen LogP contribution in [0.4, 0.5) is 0 Å². The van der Waals surface area contributed by atoms with Crippen LogP contribution in [0.1, 0.15) is 43.0 Å². The van der Waals surface area contributed by atoms with Crippen molar-refractivity contribution in [2.45, 2.75) is 60.9 Å². The van der Waals surface area contributed by atoms with E-state index >= 15 is 0 Å². The van der Waals surface area contributed by atoms with E-state index in [1.54, 1.807) is 6.07 Å². The number of carbonyl (C=O) groups is 2. The van der Waals surface area contributed by atoms with E-state index in [1.165, 1.54) is 4.58 Å². The van der Waals surface area contributed by atoms with Gasteiger partial charge in [0.2, 0.25) is 17.5 Å². The number of carbonyl (C=O) groups excluding carboxylic acids is 2. The van der Waals surface area contributed by atoms with Crippen molar-refractivity contribution in [3.63, 3.8) is 0 Å². The molecule has 10 N–H and O–H groups in total. The minimum absolute atomic E-state index is 0.0183. The van der Waals surface area contributed by atoms with Gasteiger partial charge >= 0.3 is 17.6 Å². The van der Waals surface area contributed by atoms with E-state index in [4.69, 9.17) is 16.2 Å². The highest BCUT2D eigenvalue weighted by molar-refractivity contribution is 6.09. The Morgan fingerprint density at radius 1 is 1.26 bits per heavy atom. The molecule has 2 spiro atoms. The molecule has 1 aromatic rings. The van der Waals surface area contributed by atoms with Crippen LogP contribution in [0, 0.1) is 0 Å². The van der Waals surface area contributed by atoms with Gasteiger partial charge in [0.15, 0.2) is 6.04 Å². The van der Waals surface area contributed by atoms with Gasteiger partial charge in [0.1, 0.15) is 18.0 Å². The number of rotatable bonds is 5. The van der Waals surface area contributed by atoms with Gasteiger partial charge in [-0.25, -0.2) is 9.57 Å². The number of benzene rings is 1. The fourth-order valence-corrected chi connectivity index (χ4v) is 6.60. The molecule has 14 heteroatoms. The minimum Gasteiger partial charge on any atom is -0.492 e. The number of nitrogens with one attached hydrogen (secondary N) is 3. The SMILES string of the molecule is NC1=[NH+]C23C(=N1)[C@H](CN1C(=O)CCC1=O)NC(N)=[N+]2C[C@H](NC(O)c1cccc2c1OCC21CC1)C3(O)O. The average Bonchev–Trinajstić information content (AvgIpc) is 3.18. The summed E-state index contributed by atoms with van der Waals surface area (Å²) in [7, 11) is 0. The van der Waals surface area contributed by atoms with Gasteiger partial charge in [0, 0.05) is 29.4 Å². The van der Waals surface area contributed by atoms with Gasteiger partial charge in [-0.2, -0.15) is 0 Å². The second-order valence-electron chi connectivity index (χ2n) is 10.9. The summed E-state index contributed by atoms with van der Waals surface area (Å²) < 4.78 is 7.43. The highest BCUT2D eigenvalue weighted by Gasteiger charge is 2.76. The van der Waals surface area contributed by atoms with Crippen molar-refractivity contribution in [3.8, 4) is 5.75 Å². The standard InChI is InChI=1S/C24H28N8O6/c25-20-29-18-13(8-31-15(33)4-5-16(31)34)27-21(26)32-9-14(24(36,37)23(18,32)30-20)28-19(35)11-2-1-3-12-17(11)38-10-22(12)6-7-22/h1-3,13-14,19,28,35-37H,4-10H2,(H4,25,26,27,30)/p+2/t13-,14-,19?,23?/m0/s1. The number of imide groups is 1. The molecule has 0 radical (unpaired) electrons. The van der Waals surface area contributed by atoms with Crippen molar-refractivity contribution < 1.29 is 39.2 Å². The summed E-state index contributed by atoms with van der Waals surface area (Å²) in [6, 6.07) is 3.64. The quantitative estimate of drug-likeness (QED) is 0.104. The largest absolute Gasteiger partial charge is 0.492 e. The van der Waals surface area contributed by atoms with Crippen molar-refractivity contribution in [2.75, 3.05) is 19.7 Å². The maximum Gasteiger partial charge on any atom is 0.386 e. The van der Waals surface area contributed by atoms with Gasteiger partial charge in [-0.1, -0.05) is 23.2 Å². The van der Waals surface area contributed by atoms with E-state index in [0.717, 1.165) is 23.3 Å². The maximum atomic E-state index is 12.3. The van der Waals surface area contributed by atoms with Crippen LogP contribution in [-0.4, -0.2) is 97.5 Å². The Hall–Kier alpha value is -3.59. The van der Waals surface area contributed by atoms with E-state index < -0.39 is 29.8 Å². The first-order valence-electron chi connectivity index (χ1n) is 12.7. The molecule has 0 aromatic heterocycles. The van der Waals surface area contributed by atoms with Gasteiger partial charge in [-0.3, -0.25) is 36.6 Å². The van der Waals surface area contributed by atoms with Crippen LogP contribution < -0.4 is 31.8 Å². The average molecular weight is 527 g/mol. The summed E-state index contributed by atoms with van der Waals surface area (Å²) in [4.78, 5) is 32.9. The van der Waals surface area contributed by atoms with Crippen molar-refractivity contribution in [2.24, 2.45) is 16.5 Å². The third-order valence-electron chi connectivity index (χ3n) is 8.79. The molecular formula is C24H30N8O6+2. The fraction of sp³-hybridized carbons (Fsp3) is 0.542. The molecule has 2 unspecified atom stereocenters. The predicted molar refractivity (Wildman–Crippen MR) is 129 cm³/mol. The summed E-state index contributed by atoms with van der Waals surface area (Å²) in [5, 5.41) is 40.5. The molecule has 2 amide bonds. The number of amides is 2. The zero-order valence-corrected chi connectivity index (χ0v) is 20.5. The van der Waals surface area contributed by atoms with Crippen molar-refractivity contribution in [1.29, 1.82) is 0 Å². The second-order valence-corrected chi connectivity index (χ2v) is 10.9. The number of fused-ring (bicyclic) bond motifs is 2. The third kappa shape index (κ3) is 2.93. The van der Waals surface area contributed by atoms with E-state index in [-0.39, 0.29) is 60.8 Å². The molecule has 2 saturated heterocycles. The number of nitrogens with zero attached hydrogens (tertiary/aromatic N) is 3. The number of aliphatic hydroxyl groups excluding tert-OH is 1. The van der Waals surface area contributed by atoms with Crippen LogP contribution >= 0.6 is 0 Å². The third-order valence-corrected chi connectivity index (χ3v) is 8.79. The lowest BCUT2D eigenvalue weighted by molar-refractivity contribution is -0.795. The fourth-order valence-electron chi connectivity index (χ4n) is 6.60. The van der Waals surface area contributed by atoms with Crippen LogP contribution in [0.5, 0.6) is 5.75 Å². The molecule has 4 atom stereocenters. The van der Waals surface area contributed by atoms with Crippen molar-refractivity contribution >= 4 is 29.4 Å². The summed E-state index contributed by atoms with van der Waals surface area (Å²) in [6.07, 6.45) is 1.01. The molecule has 7 rings (SSSR count). The lowest BCUT2D eigenvalue weighted by Crippen LogP contribution is -2.99. The van der Waals surface area contributed by atoms with Gasteiger partial charge < -0.3 is 20.1 Å². The molecule has 14 nitrogen and oxygen atoms in total. The van der Waals surface area contributed by atoms with Crippen molar-refractivity contribution in [3.05, 3.63) is 29.3 Å². The molecule has 1 aromatic carbocycles. The second kappa shape index (κ2) is 7.50. The molecule has 5 aliphatic heterocycles. The highest BCUT2D eigenvalue weighted by Crippen LogP contribution is 2.56. The van der Waals surface area contributed by atoms with E-state index in [1.807, 2.05) is 12.1 Å². The lowest BCUT2D eigenvalue weighted by atomic mass is 9.87. The predicted octanol–water partition coefficient (Wildman–Crippen LogP) is -5.25.